The molecule has 26 heavy (non-hydrogen) atoms. The number of nitrogens with one attached hydrogen (secondary N) is 2. The van der Waals surface area contributed by atoms with E-state index in [9.17, 15) is 18.6 Å². The fraction of sp³-hybridized carbons (Fsp3) is 0.250. The molecule has 0 saturated carbocycles. The number of aliphatic hydroxyl groups is 1. The molecule has 0 aliphatic heterocycles. The molecule has 0 fully saturated rings. The van der Waals surface area contributed by atoms with Crippen LogP contribution in [0.1, 0.15) is 17.2 Å². The van der Waals surface area contributed by atoms with Gasteiger partial charge in [-0.15, -0.1) is 0 Å². The minimum atomic E-state index is -3.58. The summed E-state index contributed by atoms with van der Waals surface area (Å²) in [5, 5.41) is 24.0. The molecular weight excluding hydrogens is 401 g/mol. The number of aromatic hydroxyl groups is 1. The SMILES string of the molecule is CS(=O)(=O)Nc1cc([C@@H](O)[C@H](N)NCc2cc(Cl)cc(Cl)c2)ccc1O. The van der Waals surface area contributed by atoms with Crippen molar-refractivity contribution >= 4 is 38.9 Å². The highest BCUT2D eigenvalue weighted by Gasteiger charge is 2.19. The Morgan fingerprint density at radius 3 is 2.35 bits per heavy atom. The first kappa shape index (κ1) is 20.8. The van der Waals surface area contributed by atoms with E-state index in [-0.39, 0.29) is 11.4 Å². The molecule has 0 heterocycles. The third kappa shape index (κ3) is 6.01. The summed E-state index contributed by atoms with van der Waals surface area (Å²) in [5.74, 6) is -0.263. The molecule has 2 aromatic rings. The van der Waals surface area contributed by atoms with Gasteiger partial charge in [0.1, 0.15) is 11.9 Å². The van der Waals surface area contributed by atoms with E-state index in [0.29, 0.717) is 22.2 Å². The Balaban J connectivity index is 2.09. The van der Waals surface area contributed by atoms with Gasteiger partial charge in [0.2, 0.25) is 10.0 Å². The maximum Gasteiger partial charge on any atom is 0.229 e. The van der Waals surface area contributed by atoms with E-state index in [1.165, 1.54) is 18.2 Å². The second-order valence-electron chi connectivity index (χ2n) is 5.78. The van der Waals surface area contributed by atoms with Crippen molar-refractivity contribution in [1.82, 2.24) is 5.32 Å². The predicted molar refractivity (Wildman–Crippen MR) is 103 cm³/mol. The maximum absolute atomic E-state index is 11.3. The first-order valence-electron chi connectivity index (χ1n) is 7.48. The largest absolute Gasteiger partial charge is 0.506 e. The average Bonchev–Trinajstić information content (AvgIpc) is 2.52. The van der Waals surface area contributed by atoms with Crippen molar-refractivity contribution < 1.29 is 18.6 Å². The fourth-order valence-corrected chi connectivity index (χ4v) is 3.42. The van der Waals surface area contributed by atoms with Crippen LogP contribution in [-0.4, -0.2) is 31.1 Å². The minimum Gasteiger partial charge on any atom is -0.506 e. The van der Waals surface area contributed by atoms with Crippen molar-refractivity contribution in [3.05, 3.63) is 57.6 Å². The van der Waals surface area contributed by atoms with Gasteiger partial charge in [-0.1, -0.05) is 29.3 Å². The Morgan fingerprint density at radius 2 is 1.77 bits per heavy atom. The van der Waals surface area contributed by atoms with Gasteiger partial charge < -0.3 is 15.9 Å². The van der Waals surface area contributed by atoms with Crippen molar-refractivity contribution in [3.63, 3.8) is 0 Å². The number of hydrogen-bond donors (Lipinski definition) is 5. The molecule has 142 valence electrons. The molecule has 2 aromatic carbocycles. The zero-order valence-corrected chi connectivity index (χ0v) is 16.1. The molecule has 2 rings (SSSR count). The number of phenolic OH excluding ortho intramolecular Hbond substituents is 1. The van der Waals surface area contributed by atoms with Gasteiger partial charge in [-0.05, 0) is 41.5 Å². The van der Waals surface area contributed by atoms with Crippen molar-refractivity contribution in [3.8, 4) is 5.75 Å². The van der Waals surface area contributed by atoms with Crippen molar-refractivity contribution in [1.29, 1.82) is 0 Å². The first-order chi connectivity index (χ1) is 12.0. The van der Waals surface area contributed by atoms with Gasteiger partial charge in [0.05, 0.1) is 18.1 Å². The molecule has 2 atom stereocenters. The lowest BCUT2D eigenvalue weighted by atomic mass is 10.1. The molecule has 0 spiro atoms. The molecule has 0 aliphatic carbocycles. The highest BCUT2D eigenvalue weighted by atomic mass is 35.5. The predicted octanol–water partition coefficient (Wildman–Crippen LogP) is 2.18. The topological polar surface area (TPSA) is 125 Å². The van der Waals surface area contributed by atoms with E-state index in [4.69, 9.17) is 28.9 Å². The van der Waals surface area contributed by atoms with Crippen molar-refractivity contribution in [2.75, 3.05) is 11.0 Å². The molecule has 0 aromatic heterocycles. The van der Waals surface area contributed by atoms with Gasteiger partial charge in [0, 0.05) is 16.6 Å². The summed E-state index contributed by atoms with van der Waals surface area (Å²) in [6.45, 7) is 0.311. The van der Waals surface area contributed by atoms with Gasteiger partial charge in [-0.2, -0.15) is 0 Å². The number of halogens is 2. The normalized spacial score (nSPS) is 14.0. The van der Waals surface area contributed by atoms with Gasteiger partial charge in [-0.3, -0.25) is 10.0 Å². The molecular formula is C16H19Cl2N3O4S. The van der Waals surface area contributed by atoms with Crippen LogP contribution < -0.4 is 15.8 Å². The first-order valence-corrected chi connectivity index (χ1v) is 10.1. The Bertz CT molecular complexity index is 873. The van der Waals surface area contributed by atoms with Crippen molar-refractivity contribution in [2.24, 2.45) is 5.73 Å². The van der Waals surface area contributed by atoms with Crippen LogP contribution in [0.3, 0.4) is 0 Å². The Morgan fingerprint density at radius 1 is 1.15 bits per heavy atom. The monoisotopic (exact) mass is 419 g/mol. The molecule has 0 aliphatic rings. The van der Waals surface area contributed by atoms with E-state index in [1.54, 1.807) is 18.2 Å². The Hall–Kier alpha value is -1.55. The molecule has 0 bridgehead atoms. The molecule has 7 nitrogen and oxygen atoms in total. The summed E-state index contributed by atoms with van der Waals surface area (Å²) in [5.41, 5.74) is 7.04. The molecule has 10 heteroatoms. The summed E-state index contributed by atoms with van der Waals surface area (Å²) in [6.07, 6.45) is -1.05. The maximum atomic E-state index is 11.3. The van der Waals surface area contributed by atoms with Gasteiger partial charge >= 0.3 is 0 Å². The van der Waals surface area contributed by atoms with Gasteiger partial charge in [0.15, 0.2) is 0 Å². The number of rotatable bonds is 7. The zero-order chi connectivity index (χ0) is 19.5. The standard InChI is InChI=1S/C16H19Cl2N3O4S/c1-26(24,25)21-13-6-10(2-3-14(13)22)15(23)16(19)20-8-9-4-11(17)7-12(18)5-9/h2-7,15-16,20-23H,8,19H2,1H3/t15-,16-/m1/s1. The van der Waals surface area contributed by atoms with Gasteiger partial charge in [0.25, 0.3) is 0 Å². The van der Waals surface area contributed by atoms with Crippen LogP contribution >= 0.6 is 23.2 Å². The number of hydrogen-bond acceptors (Lipinski definition) is 6. The summed E-state index contributed by atoms with van der Waals surface area (Å²) >= 11 is 11.9. The van der Waals surface area contributed by atoms with Crippen LogP contribution in [0.25, 0.3) is 0 Å². The third-order valence-corrected chi connectivity index (χ3v) is 4.49. The summed E-state index contributed by atoms with van der Waals surface area (Å²) in [6, 6.07) is 9.08. The van der Waals surface area contributed by atoms with Gasteiger partial charge in [-0.25, -0.2) is 8.42 Å². The minimum absolute atomic E-state index is 0.0436. The molecule has 0 radical (unpaired) electrons. The lowest BCUT2D eigenvalue weighted by molar-refractivity contribution is 0.130. The number of anilines is 1. The Labute approximate surface area is 161 Å². The number of phenols is 1. The summed E-state index contributed by atoms with van der Waals surface area (Å²) < 4.78 is 24.9. The summed E-state index contributed by atoms with van der Waals surface area (Å²) in [7, 11) is -3.58. The van der Waals surface area contributed by atoms with E-state index in [2.05, 4.69) is 10.0 Å². The van der Waals surface area contributed by atoms with Crippen molar-refractivity contribution in [2.45, 2.75) is 18.8 Å². The lowest BCUT2D eigenvalue weighted by Gasteiger charge is -2.21. The molecule has 0 saturated heterocycles. The number of sulfonamides is 1. The third-order valence-electron chi connectivity index (χ3n) is 3.46. The van der Waals surface area contributed by atoms with E-state index in [1.807, 2.05) is 0 Å². The van der Waals surface area contributed by atoms with Crippen LogP contribution in [0.5, 0.6) is 5.75 Å². The smallest absolute Gasteiger partial charge is 0.229 e. The van der Waals surface area contributed by atoms with Crippen LogP contribution in [0.2, 0.25) is 10.0 Å². The van der Waals surface area contributed by atoms with Crippen LogP contribution in [-0.2, 0) is 16.6 Å². The second-order valence-corrected chi connectivity index (χ2v) is 8.40. The number of nitrogens with two attached hydrogens (primary N) is 1. The zero-order valence-electron chi connectivity index (χ0n) is 13.8. The average molecular weight is 420 g/mol. The van der Waals surface area contributed by atoms with Crippen LogP contribution in [0, 0.1) is 0 Å². The molecule has 0 amide bonds. The lowest BCUT2D eigenvalue weighted by Crippen LogP contribution is -2.42. The van der Waals surface area contributed by atoms with E-state index >= 15 is 0 Å². The molecule has 0 unspecified atom stereocenters. The second kappa shape index (κ2) is 8.43. The highest BCUT2D eigenvalue weighted by molar-refractivity contribution is 7.92. The van der Waals surface area contributed by atoms with Crippen LogP contribution in [0.15, 0.2) is 36.4 Å². The number of aliphatic hydroxyl groups excluding tert-OH is 1. The molecule has 6 N–H and O–H groups in total. The number of benzene rings is 2. The fourth-order valence-electron chi connectivity index (χ4n) is 2.29. The quantitative estimate of drug-likeness (QED) is 0.346. The Kier molecular flexibility index (Phi) is 6.73. The van der Waals surface area contributed by atoms with E-state index in [0.717, 1.165) is 11.8 Å². The highest BCUT2D eigenvalue weighted by Crippen LogP contribution is 2.28. The van der Waals surface area contributed by atoms with Crippen LogP contribution in [0.4, 0.5) is 5.69 Å². The van der Waals surface area contributed by atoms with E-state index < -0.39 is 22.3 Å². The summed E-state index contributed by atoms with van der Waals surface area (Å²) in [4.78, 5) is 0.